The van der Waals surface area contributed by atoms with Crippen LogP contribution in [0.25, 0.3) is 0 Å². The fourth-order valence-corrected chi connectivity index (χ4v) is 3.46. The fraction of sp³-hybridized carbons (Fsp3) is 0.812. The van der Waals surface area contributed by atoms with Crippen LogP contribution < -0.4 is 5.32 Å². The molecule has 0 aromatic heterocycles. The second-order valence-electron chi connectivity index (χ2n) is 6.89. The van der Waals surface area contributed by atoms with E-state index in [2.05, 4.69) is 37.9 Å². The molecule has 1 N–H and O–H groups in total. The lowest BCUT2D eigenvalue weighted by molar-refractivity contribution is -0.126. The van der Waals surface area contributed by atoms with Gasteiger partial charge in [0, 0.05) is 38.1 Å². The van der Waals surface area contributed by atoms with Crippen LogP contribution in [-0.2, 0) is 9.59 Å². The van der Waals surface area contributed by atoms with Crippen molar-refractivity contribution in [2.24, 2.45) is 0 Å². The van der Waals surface area contributed by atoms with Gasteiger partial charge in [-0.05, 0) is 34.1 Å². The summed E-state index contributed by atoms with van der Waals surface area (Å²) in [4.78, 5) is 40.9. The van der Waals surface area contributed by atoms with Gasteiger partial charge in [-0.3, -0.25) is 19.4 Å². The van der Waals surface area contributed by atoms with Gasteiger partial charge in [-0.2, -0.15) is 0 Å². The summed E-state index contributed by atoms with van der Waals surface area (Å²) in [6.45, 7) is 10.4. The number of carbonyl (C=O) groups is 3. The number of rotatable bonds is 7. The largest absolute Gasteiger partial charge is 0.353 e. The minimum atomic E-state index is -0.321. The Bertz CT molecular complexity index is 470. The van der Waals surface area contributed by atoms with Crippen LogP contribution >= 0.6 is 0 Å². The second kappa shape index (κ2) is 7.29. The molecule has 2 rings (SSSR count). The van der Waals surface area contributed by atoms with Crippen LogP contribution in [0.1, 0.15) is 40.5 Å². The number of amides is 4. The van der Waals surface area contributed by atoms with Crippen molar-refractivity contribution < 1.29 is 14.4 Å². The van der Waals surface area contributed by atoms with Crippen LogP contribution in [0.2, 0.25) is 0 Å². The number of fused-ring (bicyclic) bond motifs is 1. The Balaban J connectivity index is 1.75. The third-order valence-electron chi connectivity index (χ3n) is 4.59. The first-order valence-electron chi connectivity index (χ1n) is 8.44. The summed E-state index contributed by atoms with van der Waals surface area (Å²) in [7, 11) is 0. The van der Waals surface area contributed by atoms with Gasteiger partial charge in [0.1, 0.15) is 6.54 Å². The van der Waals surface area contributed by atoms with E-state index in [1.807, 2.05) is 0 Å². The number of urea groups is 1. The van der Waals surface area contributed by atoms with Gasteiger partial charge in [-0.25, -0.2) is 4.79 Å². The molecule has 1 atom stereocenters. The third kappa shape index (κ3) is 4.02. The second-order valence-corrected chi connectivity index (χ2v) is 6.89. The lowest BCUT2D eigenvalue weighted by atomic mass is 10.2. The monoisotopic (exact) mass is 324 g/mol. The van der Waals surface area contributed by atoms with Crippen LogP contribution in [0, 0.1) is 0 Å². The number of imide groups is 1. The Morgan fingerprint density at radius 1 is 1.26 bits per heavy atom. The summed E-state index contributed by atoms with van der Waals surface area (Å²) in [6.07, 6.45) is 1.15. The lowest BCUT2D eigenvalue weighted by Crippen LogP contribution is -2.45. The zero-order valence-corrected chi connectivity index (χ0v) is 14.5. The summed E-state index contributed by atoms with van der Waals surface area (Å²) < 4.78 is 0. The van der Waals surface area contributed by atoms with E-state index >= 15 is 0 Å². The SMILES string of the molecule is CC(C)N(CCNC(=O)CN1CC2CCC(=O)N2C1=O)C(C)C. The van der Waals surface area contributed by atoms with Crippen molar-refractivity contribution in [3.8, 4) is 0 Å². The maximum atomic E-state index is 12.1. The first kappa shape index (κ1) is 17.7. The predicted molar refractivity (Wildman–Crippen MR) is 86.8 cm³/mol. The minimum Gasteiger partial charge on any atom is -0.353 e. The maximum absolute atomic E-state index is 12.1. The first-order chi connectivity index (χ1) is 10.8. The van der Waals surface area contributed by atoms with E-state index in [9.17, 15) is 14.4 Å². The highest BCUT2D eigenvalue weighted by atomic mass is 16.2. The average molecular weight is 324 g/mol. The first-order valence-corrected chi connectivity index (χ1v) is 8.44. The zero-order valence-electron chi connectivity index (χ0n) is 14.5. The Morgan fingerprint density at radius 2 is 1.91 bits per heavy atom. The Labute approximate surface area is 138 Å². The number of carbonyl (C=O) groups excluding carboxylic acids is 3. The van der Waals surface area contributed by atoms with Gasteiger partial charge < -0.3 is 10.2 Å². The van der Waals surface area contributed by atoms with Gasteiger partial charge in [-0.15, -0.1) is 0 Å². The molecule has 7 nitrogen and oxygen atoms in total. The topological polar surface area (TPSA) is 73.0 Å². The molecule has 4 amide bonds. The van der Waals surface area contributed by atoms with Crippen molar-refractivity contribution in [1.29, 1.82) is 0 Å². The zero-order chi connectivity index (χ0) is 17.1. The number of nitrogens with one attached hydrogen (secondary N) is 1. The fourth-order valence-electron chi connectivity index (χ4n) is 3.46. The van der Waals surface area contributed by atoms with E-state index in [1.54, 1.807) is 0 Å². The summed E-state index contributed by atoms with van der Waals surface area (Å²) >= 11 is 0. The summed E-state index contributed by atoms with van der Waals surface area (Å²) in [5.41, 5.74) is 0. The van der Waals surface area contributed by atoms with Gasteiger partial charge in [0.25, 0.3) is 0 Å². The van der Waals surface area contributed by atoms with Crippen molar-refractivity contribution in [3.05, 3.63) is 0 Å². The van der Waals surface area contributed by atoms with Crippen LogP contribution in [0.5, 0.6) is 0 Å². The molecule has 130 valence electrons. The highest BCUT2D eigenvalue weighted by Crippen LogP contribution is 2.26. The molecule has 2 heterocycles. The van der Waals surface area contributed by atoms with Crippen molar-refractivity contribution in [2.45, 2.75) is 58.7 Å². The third-order valence-corrected chi connectivity index (χ3v) is 4.59. The normalized spacial score (nSPS) is 21.1. The average Bonchev–Trinajstić information content (AvgIpc) is 2.96. The molecule has 2 aliphatic heterocycles. The van der Waals surface area contributed by atoms with Gasteiger partial charge in [0.05, 0.1) is 6.04 Å². The highest BCUT2D eigenvalue weighted by molar-refractivity contribution is 5.99. The van der Waals surface area contributed by atoms with Crippen molar-refractivity contribution >= 4 is 17.8 Å². The Hall–Kier alpha value is -1.63. The molecule has 0 aliphatic carbocycles. The molecule has 7 heteroatoms. The quantitative estimate of drug-likeness (QED) is 0.746. The number of hydrogen-bond acceptors (Lipinski definition) is 4. The molecule has 2 aliphatic rings. The van der Waals surface area contributed by atoms with Gasteiger partial charge in [0.2, 0.25) is 11.8 Å². The van der Waals surface area contributed by atoms with Crippen LogP contribution in [0.3, 0.4) is 0 Å². The maximum Gasteiger partial charge on any atom is 0.327 e. The van der Waals surface area contributed by atoms with Crippen molar-refractivity contribution in [1.82, 2.24) is 20.0 Å². The van der Waals surface area contributed by atoms with Gasteiger partial charge in [0.15, 0.2) is 0 Å². The Morgan fingerprint density at radius 3 is 2.48 bits per heavy atom. The van der Waals surface area contributed by atoms with E-state index in [4.69, 9.17) is 0 Å². The van der Waals surface area contributed by atoms with Gasteiger partial charge >= 0.3 is 6.03 Å². The summed E-state index contributed by atoms with van der Waals surface area (Å²) in [6, 6.07) is 0.481. The molecule has 1 unspecified atom stereocenters. The highest BCUT2D eigenvalue weighted by Gasteiger charge is 2.45. The molecule has 23 heavy (non-hydrogen) atoms. The predicted octanol–water partition coefficient (Wildman–Crippen LogP) is 0.648. The van der Waals surface area contributed by atoms with Crippen LogP contribution in [-0.4, -0.2) is 76.8 Å². The van der Waals surface area contributed by atoms with Crippen LogP contribution in [0.15, 0.2) is 0 Å². The summed E-state index contributed by atoms with van der Waals surface area (Å²) in [5.74, 6) is -0.285. The summed E-state index contributed by atoms with van der Waals surface area (Å²) in [5, 5.41) is 2.87. The molecule has 0 aromatic rings. The molecule has 0 bridgehead atoms. The molecule has 0 aromatic carbocycles. The van der Waals surface area contributed by atoms with E-state index in [0.29, 0.717) is 38.0 Å². The van der Waals surface area contributed by atoms with Gasteiger partial charge in [-0.1, -0.05) is 0 Å². The molecule has 0 spiro atoms. The van der Waals surface area contributed by atoms with Crippen molar-refractivity contribution in [2.75, 3.05) is 26.2 Å². The standard InChI is InChI=1S/C16H28N4O3/c1-11(2)19(12(3)4)8-7-17-14(21)10-18-9-13-5-6-15(22)20(13)16(18)23/h11-13H,5-10H2,1-4H3,(H,17,21). The van der Waals surface area contributed by atoms with E-state index in [1.165, 1.54) is 9.80 Å². The van der Waals surface area contributed by atoms with E-state index in [-0.39, 0.29) is 30.4 Å². The van der Waals surface area contributed by atoms with Crippen LogP contribution in [0.4, 0.5) is 4.79 Å². The van der Waals surface area contributed by atoms with E-state index in [0.717, 1.165) is 6.54 Å². The number of nitrogens with zero attached hydrogens (tertiary/aromatic N) is 3. The molecular formula is C16H28N4O3. The van der Waals surface area contributed by atoms with Crippen molar-refractivity contribution in [3.63, 3.8) is 0 Å². The van der Waals surface area contributed by atoms with E-state index < -0.39 is 0 Å². The Kier molecular flexibility index (Phi) is 5.62. The molecule has 0 radical (unpaired) electrons. The molecule has 0 saturated carbocycles. The molecule has 2 fully saturated rings. The number of hydrogen-bond donors (Lipinski definition) is 1. The minimum absolute atomic E-state index is 0.0302. The smallest absolute Gasteiger partial charge is 0.327 e. The lowest BCUT2D eigenvalue weighted by Gasteiger charge is -2.30. The molecular weight excluding hydrogens is 296 g/mol. The molecule has 2 saturated heterocycles.